The largest absolute Gasteiger partial charge is 0.355 e. The van der Waals surface area contributed by atoms with Crippen LogP contribution in [-0.2, 0) is 14.8 Å². The van der Waals surface area contributed by atoms with E-state index in [4.69, 9.17) is 9.97 Å². The normalized spacial score (nSPS) is 18.4. The Hall–Kier alpha value is -2.56. The lowest BCUT2D eigenvalue weighted by atomic mass is 9.96. The molecule has 0 unspecified atom stereocenters. The van der Waals surface area contributed by atoms with E-state index in [1.807, 2.05) is 36.2 Å². The van der Waals surface area contributed by atoms with Crippen LogP contribution >= 0.6 is 11.3 Å². The second-order valence-electron chi connectivity index (χ2n) is 7.88. The van der Waals surface area contributed by atoms with E-state index in [9.17, 15) is 13.2 Å². The third-order valence-corrected chi connectivity index (χ3v) is 9.24. The molecule has 2 aromatic heterocycles. The molecule has 2 aliphatic heterocycles. The highest BCUT2D eigenvalue weighted by Crippen LogP contribution is 2.33. The third kappa shape index (κ3) is 3.58. The molecular formula is C21H23N5O3S2. The molecule has 8 nitrogen and oxygen atoms in total. The number of carbonyl (C=O) groups is 1. The quantitative estimate of drug-likeness (QED) is 0.601. The summed E-state index contributed by atoms with van der Waals surface area (Å²) in [4.78, 5) is 26.7. The monoisotopic (exact) mass is 457 g/mol. The highest BCUT2D eigenvalue weighted by atomic mass is 32.2. The number of hydrogen-bond acceptors (Lipinski definition) is 7. The molecular weight excluding hydrogens is 434 g/mol. The molecule has 162 valence electrons. The summed E-state index contributed by atoms with van der Waals surface area (Å²) >= 11 is 1.22. The van der Waals surface area contributed by atoms with Crippen molar-refractivity contribution in [2.75, 3.05) is 43.0 Å². The number of sulfonamides is 1. The van der Waals surface area contributed by atoms with Crippen LogP contribution in [-0.4, -0.2) is 61.8 Å². The Labute approximate surface area is 185 Å². The number of carbonyl (C=O) groups excluding carboxylic acids is 1. The van der Waals surface area contributed by atoms with Gasteiger partial charge < -0.3 is 4.90 Å². The number of hydrogen-bond donors (Lipinski definition) is 0. The zero-order valence-corrected chi connectivity index (χ0v) is 18.8. The minimum Gasteiger partial charge on any atom is -0.355 e. The number of benzene rings is 1. The van der Waals surface area contributed by atoms with Gasteiger partial charge in [-0.15, -0.1) is 11.3 Å². The fourth-order valence-electron chi connectivity index (χ4n) is 4.20. The Morgan fingerprint density at radius 1 is 0.968 bits per heavy atom. The Bertz CT molecular complexity index is 1220. The summed E-state index contributed by atoms with van der Waals surface area (Å²) < 4.78 is 27.4. The number of thiophene rings is 1. The highest BCUT2D eigenvalue weighted by molar-refractivity contribution is 7.91. The van der Waals surface area contributed by atoms with Gasteiger partial charge in [0.1, 0.15) is 4.21 Å². The van der Waals surface area contributed by atoms with Crippen molar-refractivity contribution in [1.82, 2.24) is 14.3 Å². The number of likely N-dealkylation sites (N-methyl/N-ethyl adjacent to an activating group) is 1. The first kappa shape index (κ1) is 20.3. The standard InChI is InChI=1S/C21H23N5O3S2/c1-24-12-13-26(20-19(24)22-16-5-2-3-6-17(16)23-20)21(27)15-8-10-25(11-9-15)31(28,29)18-7-4-14-30-18/h2-7,14-15H,8-13H2,1H3. The van der Waals surface area contributed by atoms with E-state index < -0.39 is 10.0 Å². The summed E-state index contributed by atoms with van der Waals surface area (Å²) in [6, 6.07) is 11.0. The average molecular weight is 458 g/mol. The molecule has 0 N–H and O–H groups in total. The summed E-state index contributed by atoms with van der Waals surface area (Å²) in [5, 5.41) is 1.76. The van der Waals surface area contributed by atoms with Gasteiger partial charge in [0.25, 0.3) is 10.0 Å². The molecule has 3 aromatic rings. The van der Waals surface area contributed by atoms with Crippen molar-refractivity contribution in [2.45, 2.75) is 17.1 Å². The second kappa shape index (κ2) is 7.85. The molecule has 1 fully saturated rings. The molecule has 0 bridgehead atoms. The molecule has 31 heavy (non-hydrogen) atoms. The van der Waals surface area contributed by atoms with Crippen molar-refractivity contribution >= 4 is 49.9 Å². The Balaban J connectivity index is 1.36. The molecule has 0 aliphatic carbocycles. The fourth-order valence-corrected chi connectivity index (χ4v) is 6.81. The van der Waals surface area contributed by atoms with Gasteiger partial charge in [-0.3, -0.25) is 9.69 Å². The predicted octanol–water partition coefficient (Wildman–Crippen LogP) is 2.58. The molecule has 0 spiro atoms. The first-order valence-electron chi connectivity index (χ1n) is 10.3. The highest BCUT2D eigenvalue weighted by Gasteiger charge is 2.37. The van der Waals surface area contributed by atoms with Crippen LogP contribution in [0.3, 0.4) is 0 Å². The van der Waals surface area contributed by atoms with Gasteiger partial charge in [-0.25, -0.2) is 18.4 Å². The van der Waals surface area contributed by atoms with Crippen LogP contribution in [0.15, 0.2) is 46.0 Å². The maximum absolute atomic E-state index is 13.4. The zero-order valence-electron chi connectivity index (χ0n) is 17.1. The number of aromatic nitrogens is 2. The number of rotatable bonds is 3. The Morgan fingerprint density at radius 2 is 1.65 bits per heavy atom. The van der Waals surface area contributed by atoms with Crippen LogP contribution in [0, 0.1) is 5.92 Å². The fraction of sp³-hybridized carbons (Fsp3) is 0.381. The number of nitrogens with zero attached hydrogens (tertiary/aromatic N) is 5. The number of amides is 1. The van der Waals surface area contributed by atoms with Crippen LogP contribution in [0.1, 0.15) is 12.8 Å². The lowest BCUT2D eigenvalue weighted by Crippen LogP contribution is -2.49. The third-order valence-electron chi connectivity index (χ3n) is 5.97. The smallest absolute Gasteiger partial charge is 0.252 e. The molecule has 1 aromatic carbocycles. The van der Waals surface area contributed by atoms with Gasteiger partial charge in [-0.1, -0.05) is 18.2 Å². The molecule has 0 atom stereocenters. The molecule has 0 saturated carbocycles. The summed E-state index contributed by atoms with van der Waals surface area (Å²) in [6.45, 7) is 1.92. The van der Waals surface area contributed by atoms with E-state index >= 15 is 0 Å². The zero-order chi connectivity index (χ0) is 21.6. The van der Waals surface area contributed by atoms with Crippen LogP contribution in [0.2, 0.25) is 0 Å². The first-order valence-corrected chi connectivity index (χ1v) is 12.6. The maximum Gasteiger partial charge on any atom is 0.252 e. The van der Waals surface area contributed by atoms with Gasteiger partial charge in [0.05, 0.1) is 11.0 Å². The van der Waals surface area contributed by atoms with Crippen LogP contribution in [0.5, 0.6) is 0 Å². The maximum atomic E-state index is 13.4. The number of anilines is 2. The summed E-state index contributed by atoms with van der Waals surface area (Å²) in [5.74, 6) is 1.08. The van der Waals surface area contributed by atoms with Crippen molar-refractivity contribution < 1.29 is 13.2 Å². The average Bonchev–Trinajstić information content (AvgIpc) is 3.34. The molecule has 4 heterocycles. The van der Waals surface area contributed by atoms with E-state index in [-0.39, 0.29) is 11.8 Å². The van der Waals surface area contributed by atoms with Gasteiger partial charge in [0.2, 0.25) is 5.91 Å². The summed E-state index contributed by atoms with van der Waals surface area (Å²) in [6.07, 6.45) is 1.01. The molecule has 1 amide bonds. The Kier molecular flexibility index (Phi) is 5.15. The van der Waals surface area contributed by atoms with E-state index in [0.29, 0.717) is 54.9 Å². The van der Waals surface area contributed by atoms with Crippen molar-refractivity contribution in [2.24, 2.45) is 5.92 Å². The predicted molar refractivity (Wildman–Crippen MR) is 121 cm³/mol. The minimum absolute atomic E-state index is 0.00658. The SMILES string of the molecule is CN1CCN(C(=O)C2CCN(S(=O)(=O)c3cccs3)CC2)c2nc3ccccc3nc21. The summed E-state index contributed by atoms with van der Waals surface area (Å²) in [7, 11) is -1.52. The van der Waals surface area contributed by atoms with Gasteiger partial charge in [-0.2, -0.15) is 4.31 Å². The van der Waals surface area contributed by atoms with E-state index in [1.165, 1.54) is 15.6 Å². The topological polar surface area (TPSA) is 86.7 Å². The van der Waals surface area contributed by atoms with Crippen molar-refractivity contribution in [1.29, 1.82) is 0 Å². The van der Waals surface area contributed by atoms with Crippen LogP contribution in [0.25, 0.3) is 11.0 Å². The van der Waals surface area contributed by atoms with Crippen molar-refractivity contribution in [3.8, 4) is 0 Å². The van der Waals surface area contributed by atoms with Gasteiger partial charge in [0.15, 0.2) is 11.6 Å². The number of fused-ring (bicyclic) bond motifs is 2. The lowest BCUT2D eigenvalue weighted by Gasteiger charge is -2.37. The van der Waals surface area contributed by atoms with Gasteiger partial charge in [0, 0.05) is 39.1 Å². The molecule has 1 saturated heterocycles. The molecule has 10 heteroatoms. The first-order chi connectivity index (χ1) is 14.9. The lowest BCUT2D eigenvalue weighted by molar-refractivity contribution is -0.123. The van der Waals surface area contributed by atoms with Crippen LogP contribution in [0.4, 0.5) is 11.6 Å². The van der Waals surface area contributed by atoms with E-state index in [0.717, 1.165) is 11.0 Å². The van der Waals surface area contributed by atoms with E-state index in [1.54, 1.807) is 22.4 Å². The molecule has 2 aliphatic rings. The van der Waals surface area contributed by atoms with Crippen molar-refractivity contribution in [3.05, 3.63) is 41.8 Å². The molecule has 5 rings (SSSR count). The minimum atomic E-state index is -3.48. The molecule has 0 radical (unpaired) electrons. The summed E-state index contributed by atoms with van der Waals surface area (Å²) in [5.41, 5.74) is 1.56. The second-order valence-corrected chi connectivity index (χ2v) is 11.0. The van der Waals surface area contributed by atoms with Crippen LogP contribution < -0.4 is 9.80 Å². The van der Waals surface area contributed by atoms with Crippen molar-refractivity contribution in [3.63, 3.8) is 0 Å². The van der Waals surface area contributed by atoms with Gasteiger partial charge >= 0.3 is 0 Å². The number of para-hydroxylation sites is 2. The number of piperidine rings is 1. The van der Waals surface area contributed by atoms with Gasteiger partial charge in [-0.05, 0) is 36.4 Å². The van der Waals surface area contributed by atoms with E-state index in [2.05, 4.69) is 0 Å². The Morgan fingerprint density at radius 3 is 2.29 bits per heavy atom.